The lowest BCUT2D eigenvalue weighted by atomic mass is 9.94. The average molecular weight is 482 g/mol. The third-order valence-electron chi connectivity index (χ3n) is 5.96. The lowest BCUT2D eigenvalue weighted by molar-refractivity contribution is -0.140. The van der Waals surface area contributed by atoms with Crippen molar-refractivity contribution >= 4 is 23.4 Å². The Morgan fingerprint density at radius 3 is 2.46 bits per heavy atom. The van der Waals surface area contributed by atoms with E-state index in [1.165, 1.54) is 12.0 Å². The predicted molar refractivity (Wildman–Crippen MR) is 131 cm³/mol. The second-order valence-corrected chi connectivity index (χ2v) is 8.58. The molecular weight excluding hydrogens is 450 g/mol. The molecule has 9 heteroatoms. The number of aliphatic hydroxyl groups is 1. The third-order valence-corrected chi connectivity index (χ3v) is 5.96. The second-order valence-electron chi connectivity index (χ2n) is 8.58. The average Bonchev–Trinajstić information content (AvgIpc) is 3.27. The molecule has 3 rings (SSSR count). The monoisotopic (exact) mass is 481 g/mol. The van der Waals surface area contributed by atoms with E-state index < -0.39 is 23.7 Å². The van der Waals surface area contributed by atoms with Crippen molar-refractivity contribution in [3.8, 4) is 5.75 Å². The van der Waals surface area contributed by atoms with Gasteiger partial charge in [-0.2, -0.15) is 0 Å². The fraction of sp³-hybridized carbons (Fsp3) is 0.346. The maximum Gasteiger partial charge on any atom is 0.354 e. The van der Waals surface area contributed by atoms with Crippen molar-refractivity contribution in [2.75, 3.05) is 40.9 Å². The zero-order valence-corrected chi connectivity index (χ0v) is 20.7. The van der Waals surface area contributed by atoms with Gasteiger partial charge in [0.05, 0.1) is 18.7 Å². The first-order chi connectivity index (χ1) is 16.6. The molecule has 0 spiro atoms. The van der Waals surface area contributed by atoms with Crippen molar-refractivity contribution in [2.24, 2.45) is 0 Å². The number of carbonyl (C=O) groups is 3. The largest absolute Gasteiger partial charge is 0.507 e. The highest BCUT2D eigenvalue weighted by Gasteiger charge is 2.46. The van der Waals surface area contributed by atoms with Gasteiger partial charge in [-0.25, -0.2) is 4.79 Å². The minimum Gasteiger partial charge on any atom is -0.507 e. The quantitative estimate of drug-likeness (QED) is 0.186. The Bertz CT molecular complexity index is 1180. The molecule has 1 amide bonds. The Morgan fingerprint density at radius 1 is 1.23 bits per heavy atom. The number of Topliss-reactive ketones (excluding diaryl/α,β-unsaturated/α-hetero) is 1. The number of esters is 1. The lowest BCUT2D eigenvalue weighted by Gasteiger charge is -2.26. The van der Waals surface area contributed by atoms with E-state index >= 15 is 0 Å². The van der Waals surface area contributed by atoms with Gasteiger partial charge in [0, 0.05) is 24.3 Å². The van der Waals surface area contributed by atoms with E-state index in [0.29, 0.717) is 41.3 Å². The van der Waals surface area contributed by atoms with Gasteiger partial charge in [-0.05, 0) is 51.2 Å². The van der Waals surface area contributed by atoms with E-state index in [9.17, 15) is 19.5 Å². The zero-order chi connectivity index (χ0) is 25.9. The van der Waals surface area contributed by atoms with Gasteiger partial charge in [0.2, 0.25) is 0 Å². The van der Waals surface area contributed by atoms with Crippen LogP contribution in [0.1, 0.15) is 38.9 Å². The highest BCUT2D eigenvalue weighted by Crippen LogP contribution is 2.41. The summed E-state index contributed by atoms with van der Waals surface area (Å²) in [6.07, 6.45) is 1.63. The smallest absolute Gasteiger partial charge is 0.354 e. The van der Waals surface area contributed by atoms with E-state index in [2.05, 4.69) is 11.6 Å². The van der Waals surface area contributed by atoms with Gasteiger partial charge < -0.3 is 29.4 Å². The van der Waals surface area contributed by atoms with Gasteiger partial charge in [-0.1, -0.05) is 24.8 Å². The lowest BCUT2D eigenvalue weighted by Crippen LogP contribution is -2.35. The number of methoxy groups -OCH3 is 1. The van der Waals surface area contributed by atoms with E-state index in [0.717, 1.165) is 0 Å². The molecule has 0 unspecified atom stereocenters. The maximum absolute atomic E-state index is 13.2. The summed E-state index contributed by atoms with van der Waals surface area (Å²) in [5, 5.41) is 11.4. The molecule has 1 fully saturated rings. The van der Waals surface area contributed by atoms with Crippen LogP contribution in [0, 0.1) is 13.8 Å². The number of aromatic nitrogens is 1. The van der Waals surface area contributed by atoms with Crippen LogP contribution in [0.3, 0.4) is 0 Å². The van der Waals surface area contributed by atoms with Gasteiger partial charge in [-0.15, -0.1) is 0 Å². The SMILES string of the molecule is C=CCOc1ccc([C@@H]2/C(=C(\O)c3c(C)[nH]c(C(=O)OC)c3C)C(=O)C(=O)N2CCN(C)C)cc1. The van der Waals surface area contributed by atoms with Gasteiger partial charge in [0.25, 0.3) is 11.7 Å². The predicted octanol–water partition coefficient (Wildman–Crippen LogP) is 2.97. The number of likely N-dealkylation sites (tertiary alicyclic amines) is 1. The number of aromatic amines is 1. The normalized spacial score (nSPS) is 17.2. The van der Waals surface area contributed by atoms with Gasteiger partial charge in [0.1, 0.15) is 23.8 Å². The molecule has 9 nitrogen and oxygen atoms in total. The molecule has 0 bridgehead atoms. The number of hydrogen-bond acceptors (Lipinski definition) is 7. The molecule has 1 saturated heterocycles. The number of carbonyl (C=O) groups excluding carboxylic acids is 3. The number of amides is 1. The summed E-state index contributed by atoms with van der Waals surface area (Å²) in [5.74, 6) is -1.79. The van der Waals surface area contributed by atoms with Crippen LogP contribution in [0.25, 0.3) is 5.76 Å². The molecule has 1 aliphatic heterocycles. The van der Waals surface area contributed by atoms with Crippen molar-refractivity contribution in [3.63, 3.8) is 0 Å². The van der Waals surface area contributed by atoms with Crippen LogP contribution in [0.5, 0.6) is 5.75 Å². The Kier molecular flexibility index (Phi) is 7.81. The molecule has 1 aromatic heterocycles. The fourth-order valence-corrected chi connectivity index (χ4v) is 4.21. The van der Waals surface area contributed by atoms with Crippen LogP contribution in [0.4, 0.5) is 0 Å². The number of nitrogens with one attached hydrogen (secondary N) is 1. The summed E-state index contributed by atoms with van der Waals surface area (Å²) in [4.78, 5) is 44.7. The molecule has 35 heavy (non-hydrogen) atoms. The number of aryl methyl sites for hydroxylation is 1. The fourth-order valence-electron chi connectivity index (χ4n) is 4.21. The summed E-state index contributed by atoms with van der Waals surface area (Å²) in [5.41, 5.74) is 2.00. The molecule has 1 atom stereocenters. The number of ketones is 1. The van der Waals surface area contributed by atoms with Crippen LogP contribution in [-0.4, -0.2) is 78.5 Å². The van der Waals surface area contributed by atoms with E-state index in [1.807, 2.05) is 19.0 Å². The number of aliphatic hydroxyl groups excluding tert-OH is 1. The van der Waals surface area contributed by atoms with Crippen molar-refractivity contribution in [3.05, 3.63) is 70.6 Å². The summed E-state index contributed by atoms with van der Waals surface area (Å²) in [6.45, 7) is 8.11. The van der Waals surface area contributed by atoms with Crippen molar-refractivity contribution in [1.82, 2.24) is 14.8 Å². The number of ether oxygens (including phenoxy) is 2. The minimum atomic E-state index is -0.807. The molecule has 0 radical (unpaired) electrons. The summed E-state index contributed by atoms with van der Waals surface area (Å²) in [6, 6.07) is 6.21. The number of likely N-dealkylation sites (N-methyl/N-ethyl adjacent to an activating group) is 1. The van der Waals surface area contributed by atoms with Crippen LogP contribution in [0.15, 0.2) is 42.5 Å². The molecule has 0 aliphatic carbocycles. The molecule has 2 aromatic rings. The molecule has 1 aromatic carbocycles. The Morgan fingerprint density at radius 2 is 1.89 bits per heavy atom. The first-order valence-corrected chi connectivity index (χ1v) is 11.2. The first kappa shape index (κ1) is 25.8. The van der Waals surface area contributed by atoms with E-state index in [-0.39, 0.29) is 23.6 Å². The van der Waals surface area contributed by atoms with Crippen molar-refractivity contribution in [2.45, 2.75) is 19.9 Å². The molecule has 2 N–H and O–H groups in total. The highest BCUT2D eigenvalue weighted by atomic mass is 16.5. The first-order valence-electron chi connectivity index (χ1n) is 11.2. The van der Waals surface area contributed by atoms with Crippen LogP contribution in [0.2, 0.25) is 0 Å². The molecule has 186 valence electrons. The number of H-pyrrole nitrogens is 1. The highest BCUT2D eigenvalue weighted by molar-refractivity contribution is 6.46. The number of hydrogen-bond donors (Lipinski definition) is 2. The topological polar surface area (TPSA) is 112 Å². The standard InChI is InChI=1S/C26H31N3O6/c1-7-14-35-18-10-8-17(9-11-18)22-20(24(31)25(32)29(22)13-12-28(4)5)23(30)19-15(2)21(26(33)34-6)27-16(19)3/h7-11,22,27,30H,1,12-14H2,2-6H3/b23-20+/t22-/m1/s1. The molecular formula is C26H31N3O6. The van der Waals surface area contributed by atoms with Gasteiger partial charge in [-0.3, -0.25) is 9.59 Å². The third kappa shape index (κ3) is 5.00. The van der Waals surface area contributed by atoms with Crippen molar-refractivity contribution < 1.29 is 29.0 Å². The molecule has 2 heterocycles. The zero-order valence-electron chi connectivity index (χ0n) is 20.7. The summed E-state index contributed by atoms with van der Waals surface area (Å²) in [7, 11) is 5.01. The van der Waals surface area contributed by atoms with Gasteiger partial charge >= 0.3 is 5.97 Å². The summed E-state index contributed by atoms with van der Waals surface area (Å²) < 4.78 is 10.4. The van der Waals surface area contributed by atoms with E-state index in [1.54, 1.807) is 44.2 Å². The summed E-state index contributed by atoms with van der Waals surface area (Å²) >= 11 is 0. The van der Waals surface area contributed by atoms with Crippen LogP contribution >= 0.6 is 0 Å². The van der Waals surface area contributed by atoms with Crippen LogP contribution < -0.4 is 4.74 Å². The van der Waals surface area contributed by atoms with Crippen molar-refractivity contribution in [1.29, 1.82) is 0 Å². The Balaban J connectivity index is 2.17. The molecule has 0 saturated carbocycles. The second kappa shape index (κ2) is 10.6. The van der Waals surface area contributed by atoms with E-state index in [4.69, 9.17) is 9.47 Å². The maximum atomic E-state index is 13.2. The number of rotatable bonds is 9. The Labute approximate surface area is 204 Å². The number of benzene rings is 1. The van der Waals surface area contributed by atoms with Crippen LogP contribution in [-0.2, 0) is 14.3 Å². The minimum absolute atomic E-state index is 0.0323. The Hall–Kier alpha value is -3.85. The van der Waals surface area contributed by atoms with Gasteiger partial charge in [0.15, 0.2) is 0 Å². The number of nitrogens with zero attached hydrogens (tertiary/aromatic N) is 2. The molecule has 1 aliphatic rings.